The van der Waals surface area contributed by atoms with Crippen LogP contribution in [0, 0.1) is 0 Å². The van der Waals surface area contributed by atoms with Crippen LogP contribution in [-0.2, 0) is 16.1 Å². The largest absolute Gasteiger partial charge is 0.392 e. The number of rotatable bonds is 5. The Morgan fingerprint density at radius 2 is 2.20 bits per heavy atom. The zero-order valence-corrected chi connectivity index (χ0v) is 11.8. The predicted molar refractivity (Wildman–Crippen MR) is 77.6 cm³/mol. The maximum absolute atomic E-state index is 12.2. The normalized spacial score (nSPS) is 18.9. The summed E-state index contributed by atoms with van der Waals surface area (Å²) in [7, 11) is 0. The van der Waals surface area contributed by atoms with Crippen molar-refractivity contribution in [3.63, 3.8) is 0 Å². The number of nitrogens with zero attached hydrogens (tertiary/aromatic N) is 1. The first-order chi connectivity index (χ1) is 9.76. The van der Waals surface area contributed by atoms with E-state index in [-0.39, 0.29) is 18.6 Å². The van der Waals surface area contributed by atoms with E-state index in [0.29, 0.717) is 26.3 Å². The lowest BCUT2D eigenvalue weighted by molar-refractivity contribution is -0.124. The highest BCUT2D eigenvalue weighted by Crippen LogP contribution is 2.20. The first kappa shape index (κ1) is 14.8. The molecule has 2 rings (SSSR count). The predicted octanol–water partition coefficient (Wildman–Crippen LogP) is 0.910. The molecule has 1 atom stereocenters. The molecular weight excluding hydrogens is 256 g/mol. The number of carbonyl (C=O) groups excluding carboxylic acids is 1. The molecule has 1 aliphatic heterocycles. The molecule has 1 heterocycles. The van der Waals surface area contributed by atoms with Gasteiger partial charge in [-0.3, -0.25) is 4.79 Å². The van der Waals surface area contributed by atoms with E-state index in [1.54, 1.807) is 0 Å². The molecular formula is C15H22N2O3. The molecule has 1 aromatic carbocycles. The number of morpholine rings is 1. The van der Waals surface area contributed by atoms with Gasteiger partial charge in [-0.2, -0.15) is 0 Å². The van der Waals surface area contributed by atoms with Crippen molar-refractivity contribution in [2.24, 2.45) is 0 Å². The van der Waals surface area contributed by atoms with E-state index in [0.717, 1.165) is 17.7 Å². The number of anilines is 1. The molecule has 1 amide bonds. The van der Waals surface area contributed by atoms with E-state index in [1.165, 1.54) is 0 Å². The van der Waals surface area contributed by atoms with E-state index in [2.05, 4.69) is 10.2 Å². The SMILES string of the molecule is CCCNC(=O)C1COCCN1c1ccc(CO)cc1. The van der Waals surface area contributed by atoms with Crippen LogP contribution >= 0.6 is 0 Å². The third-order valence-electron chi connectivity index (χ3n) is 3.43. The smallest absolute Gasteiger partial charge is 0.245 e. The molecule has 1 aliphatic rings. The zero-order valence-electron chi connectivity index (χ0n) is 11.8. The number of carbonyl (C=O) groups is 1. The van der Waals surface area contributed by atoms with Gasteiger partial charge in [0.25, 0.3) is 0 Å². The topological polar surface area (TPSA) is 61.8 Å². The van der Waals surface area contributed by atoms with Crippen LogP contribution in [0.5, 0.6) is 0 Å². The third-order valence-corrected chi connectivity index (χ3v) is 3.43. The van der Waals surface area contributed by atoms with Crippen LogP contribution in [-0.4, -0.2) is 43.4 Å². The lowest BCUT2D eigenvalue weighted by atomic mass is 10.1. The van der Waals surface area contributed by atoms with Gasteiger partial charge in [0.2, 0.25) is 5.91 Å². The van der Waals surface area contributed by atoms with Gasteiger partial charge in [0, 0.05) is 18.8 Å². The number of hydrogen-bond donors (Lipinski definition) is 2. The molecule has 0 bridgehead atoms. The number of amides is 1. The summed E-state index contributed by atoms with van der Waals surface area (Å²) in [5, 5.41) is 12.0. The highest BCUT2D eigenvalue weighted by atomic mass is 16.5. The van der Waals surface area contributed by atoms with Crippen molar-refractivity contribution in [1.29, 1.82) is 0 Å². The monoisotopic (exact) mass is 278 g/mol. The lowest BCUT2D eigenvalue weighted by Gasteiger charge is -2.36. The molecule has 2 N–H and O–H groups in total. The fourth-order valence-electron chi connectivity index (χ4n) is 2.29. The van der Waals surface area contributed by atoms with E-state index < -0.39 is 0 Å². The van der Waals surface area contributed by atoms with Crippen LogP contribution in [0.25, 0.3) is 0 Å². The summed E-state index contributed by atoms with van der Waals surface area (Å²) in [5.74, 6) is 0.0118. The fraction of sp³-hybridized carbons (Fsp3) is 0.533. The van der Waals surface area contributed by atoms with E-state index >= 15 is 0 Å². The van der Waals surface area contributed by atoms with Gasteiger partial charge in [-0.25, -0.2) is 0 Å². The molecule has 1 fully saturated rings. The fourth-order valence-corrected chi connectivity index (χ4v) is 2.29. The minimum Gasteiger partial charge on any atom is -0.392 e. The molecule has 1 saturated heterocycles. The van der Waals surface area contributed by atoms with Crippen LogP contribution in [0.4, 0.5) is 5.69 Å². The summed E-state index contributed by atoms with van der Waals surface area (Å²) >= 11 is 0. The summed E-state index contributed by atoms with van der Waals surface area (Å²) in [4.78, 5) is 14.3. The Morgan fingerprint density at radius 3 is 2.85 bits per heavy atom. The van der Waals surface area contributed by atoms with Crippen molar-refractivity contribution >= 4 is 11.6 Å². The average Bonchev–Trinajstić information content (AvgIpc) is 2.52. The average molecular weight is 278 g/mol. The van der Waals surface area contributed by atoms with Gasteiger partial charge < -0.3 is 20.1 Å². The Labute approximate surface area is 119 Å². The maximum atomic E-state index is 12.2. The summed E-state index contributed by atoms with van der Waals surface area (Å²) in [6.45, 7) is 4.48. The van der Waals surface area contributed by atoms with Gasteiger partial charge in [-0.05, 0) is 24.1 Å². The molecule has 5 heteroatoms. The Kier molecular flexibility index (Phi) is 5.38. The van der Waals surface area contributed by atoms with Crippen molar-refractivity contribution in [1.82, 2.24) is 5.32 Å². The van der Waals surface area contributed by atoms with Crippen molar-refractivity contribution in [2.75, 3.05) is 31.2 Å². The van der Waals surface area contributed by atoms with E-state index in [1.807, 2.05) is 31.2 Å². The second kappa shape index (κ2) is 7.26. The van der Waals surface area contributed by atoms with Gasteiger partial charge in [-0.1, -0.05) is 19.1 Å². The number of ether oxygens (including phenoxy) is 1. The molecule has 0 spiro atoms. The van der Waals surface area contributed by atoms with Gasteiger partial charge in [0.05, 0.1) is 19.8 Å². The number of nitrogens with one attached hydrogen (secondary N) is 1. The summed E-state index contributed by atoms with van der Waals surface area (Å²) in [6, 6.07) is 7.36. The number of aliphatic hydroxyl groups is 1. The number of aliphatic hydroxyl groups excluding tert-OH is 1. The molecule has 110 valence electrons. The van der Waals surface area contributed by atoms with Gasteiger partial charge >= 0.3 is 0 Å². The second-order valence-electron chi connectivity index (χ2n) is 4.90. The number of hydrogen-bond acceptors (Lipinski definition) is 4. The molecule has 0 radical (unpaired) electrons. The summed E-state index contributed by atoms with van der Waals surface area (Å²) in [5.41, 5.74) is 1.86. The van der Waals surface area contributed by atoms with Gasteiger partial charge in [-0.15, -0.1) is 0 Å². The highest BCUT2D eigenvalue weighted by molar-refractivity contribution is 5.85. The third kappa shape index (κ3) is 3.49. The van der Waals surface area contributed by atoms with Crippen LogP contribution in [0.3, 0.4) is 0 Å². The van der Waals surface area contributed by atoms with Crippen molar-refractivity contribution < 1.29 is 14.6 Å². The summed E-state index contributed by atoms with van der Waals surface area (Å²) in [6.07, 6.45) is 0.921. The lowest BCUT2D eigenvalue weighted by Crippen LogP contribution is -2.54. The number of benzene rings is 1. The molecule has 0 aromatic heterocycles. The standard InChI is InChI=1S/C15H22N2O3/c1-2-7-16-15(19)14-11-20-9-8-17(14)13-5-3-12(10-18)4-6-13/h3-6,14,18H,2,7-11H2,1H3,(H,16,19). The summed E-state index contributed by atoms with van der Waals surface area (Å²) < 4.78 is 5.44. The van der Waals surface area contributed by atoms with E-state index in [4.69, 9.17) is 9.84 Å². The molecule has 1 unspecified atom stereocenters. The van der Waals surface area contributed by atoms with Crippen LogP contribution < -0.4 is 10.2 Å². The molecule has 20 heavy (non-hydrogen) atoms. The Balaban J connectivity index is 2.10. The van der Waals surface area contributed by atoms with Gasteiger partial charge in [0.1, 0.15) is 6.04 Å². The molecule has 1 aromatic rings. The van der Waals surface area contributed by atoms with Crippen molar-refractivity contribution in [3.8, 4) is 0 Å². The second-order valence-corrected chi connectivity index (χ2v) is 4.90. The first-order valence-corrected chi connectivity index (χ1v) is 7.08. The molecule has 5 nitrogen and oxygen atoms in total. The highest BCUT2D eigenvalue weighted by Gasteiger charge is 2.29. The Morgan fingerprint density at radius 1 is 1.45 bits per heavy atom. The minimum absolute atomic E-state index is 0.0118. The van der Waals surface area contributed by atoms with E-state index in [9.17, 15) is 4.79 Å². The quantitative estimate of drug-likeness (QED) is 0.840. The van der Waals surface area contributed by atoms with Gasteiger partial charge in [0.15, 0.2) is 0 Å². The van der Waals surface area contributed by atoms with Crippen LogP contribution in [0.15, 0.2) is 24.3 Å². The van der Waals surface area contributed by atoms with Crippen LogP contribution in [0.1, 0.15) is 18.9 Å². The Hall–Kier alpha value is -1.59. The molecule has 0 aliphatic carbocycles. The molecule has 0 saturated carbocycles. The van der Waals surface area contributed by atoms with Crippen LogP contribution in [0.2, 0.25) is 0 Å². The first-order valence-electron chi connectivity index (χ1n) is 7.08. The maximum Gasteiger partial charge on any atom is 0.245 e. The zero-order chi connectivity index (χ0) is 14.4. The minimum atomic E-state index is -0.282. The Bertz CT molecular complexity index is 433. The van der Waals surface area contributed by atoms with Crippen molar-refractivity contribution in [2.45, 2.75) is 26.0 Å². The van der Waals surface area contributed by atoms with Crippen molar-refractivity contribution in [3.05, 3.63) is 29.8 Å².